The fourth-order valence-electron chi connectivity index (χ4n) is 1.47. The van der Waals surface area contributed by atoms with Crippen LogP contribution in [-0.2, 0) is 9.59 Å². The fourth-order valence-corrected chi connectivity index (χ4v) is 1.47. The van der Waals surface area contributed by atoms with E-state index in [-0.39, 0.29) is 18.2 Å². The van der Waals surface area contributed by atoms with Gasteiger partial charge in [0.05, 0.1) is 0 Å². The highest BCUT2D eigenvalue weighted by Crippen LogP contribution is 2.14. The number of carboxylic acids is 1. The zero-order valence-electron chi connectivity index (χ0n) is 9.32. The number of nitrogens with one attached hydrogen (secondary N) is 1. The van der Waals surface area contributed by atoms with Gasteiger partial charge in [0.1, 0.15) is 0 Å². The Kier molecular flexibility index (Phi) is 6.42. The van der Waals surface area contributed by atoms with Gasteiger partial charge in [-0.1, -0.05) is 20.4 Å². The number of carbonyl (C=O) groups is 2. The zero-order chi connectivity index (χ0) is 11.8. The summed E-state index contributed by atoms with van der Waals surface area (Å²) in [6, 6.07) is 0. The molecule has 0 bridgehead atoms. The SMILES string of the molecule is C=CC(=O)NC[C@H](CC(=O)O)CC(C)C. The van der Waals surface area contributed by atoms with E-state index in [2.05, 4.69) is 11.9 Å². The predicted molar refractivity (Wildman–Crippen MR) is 58.4 cm³/mol. The fraction of sp³-hybridized carbons (Fsp3) is 0.636. The summed E-state index contributed by atoms with van der Waals surface area (Å²) in [4.78, 5) is 21.5. The summed E-state index contributed by atoms with van der Waals surface area (Å²) in [7, 11) is 0. The van der Waals surface area contributed by atoms with Gasteiger partial charge in [0.2, 0.25) is 5.91 Å². The minimum Gasteiger partial charge on any atom is -0.481 e. The minimum atomic E-state index is -0.825. The molecule has 0 aliphatic heterocycles. The molecule has 0 aromatic rings. The lowest BCUT2D eigenvalue weighted by molar-refractivity contribution is -0.138. The third kappa shape index (κ3) is 7.73. The van der Waals surface area contributed by atoms with Gasteiger partial charge in [0, 0.05) is 13.0 Å². The number of amides is 1. The Morgan fingerprint density at radius 2 is 2.07 bits per heavy atom. The third-order valence-electron chi connectivity index (χ3n) is 2.02. The van der Waals surface area contributed by atoms with Gasteiger partial charge in [-0.25, -0.2) is 0 Å². The van der Waals surface area contributed by atoms with E-state index >= 15 is 0 Å². The Labute approximate surface area is 90.4 Å². The van der Waals surface area contributed by atoms with Gasteiger partial charge < -0.3 is 10.4 Å². The Hall–Kier alpha value is -1.32. The van der Waals surface area contributed by atoms with Crippen molar-refractivity contribution in [3.8, 4) is 0 Å². The van der Waals surface area contributed by atoms with Crippen molar-refractivity contribution < 1.29 is 14.7 Å². The van der Waals surface area contributed by atoms with Crippen LogP contribution in [0.1, 0.15) is 26.7 Å². The summed E-state index contributed by atoms with van der Waals surface area (Å²) < 4.78 is 0. The van der Waals surface area contributed by atoms with Crippen LogP contribution in [0.5, 0.6) is 0 Å². The van der Waals surface area contributed by atoms with E-state index < -0.39 is 5.97 Å². The zero-order valence-corrected chi connectivity index (χ0v) is 9.32. The van der Waals surface area contributed by atoms with E-state index in [4.69, 9.17) is 5.11 Å². The van der Waals surface area contributed by atoms with Gasteiger partial charge in [0.15, 0.2) is 0 Å². The van der Waals surface area contributed by atoms with Crippen molar-refractivity contribution in [3.63, 3.8) is 0 Å². The first kappa shape index (κ1) is 13.7. The molecule has 0 aromatic heterocycles. The lowest BCUT2D eigenvalue weighted by Crippen LogP contribution is -2.29. The van der Waals surface area contributed by atoms with Crippen LogP contribution in [0.2, 0.25) is 0 Å². The second-order valence-corrected chi connectivity index (χ2v) is 4.04. The van der Waals surface area contributed by atoms with E-state index in [1.54, 1.807) is 0 Å². The van der Waals surface area contributed by atoms with E-state index in [0.717, 1.165) is 6.42 Å². The molecule has 0 saturated carbocycles. The van der Waals surface area contributed by atoms with Crippen LogP contribution < -0.4 is 5.32 Å². The molecule has 0 heterocycles. The molecule has 0 unspecified atom stereocenters. The van der Waals surface area contributed by atoms with E-state index in [9.17, 15) is 9.59 Å². The van der Waals surface area contributed by atoms with E-state index in [0.29, 0.717) is 12.5 Å². The second kappa shape index (κ2) is 7.04. The van der Waals surface area contributed by atoms with Crippen molar-refractivity contribution in [1.82, 2.24) is 5.32 Å². The highest BCUT2D eigenvalue weighted by molar-refractivity contribution is 5.86. The molecule has 0 fully saturated rings. The first-order valence-electron chi connectivity index (χ1n) is 5.07. The standard InChI is InChI=1S/C11H19NO3/c1-4-10(13)12-7-9(5-8(2)3)6-11(14)15/h4,8-9H,1,5-7H2,2-3H3,(H,12,13)(H,14,15)/t9-/m0/s1. The molecular formula is C11H19NO3. The van der Waals surface area contributed by atoms with Gasteiger partial charge in [-0.3, -0.25) is 9.59 Å². The average molecular weight is 213 g/mol. The Morgan fingerprint density at radius 3 is 2.47 bits per heavy atom. The van der Waals surface area contributed by atoms with Gasteiger partial charge in [0.25, 0.3) is 0 Å². The summed E-state index contributed by atoms with van der Waals surface area (Å²) in [6.45, 7) is 7.79. The number of rotatable bonds is 7. The van der Waals surface area contributed by atoms with Crippen LogP contribution in [0.3, 0.4) is 0 Å². The van der Waals surface area contributed by atoms with Gasteiger partial charge in [-0.05, 0) is 24.3 Å². The summed E-state index contributed by atoms with van der Waals surface area (Å²) in [6.07, 6.45) is 2.08. The molecule has 0 radical (unpaired) electrons. The number of hydrogen-bond acceptors (Lipinski definition) is 2. The molecule has 86 valence electrons. The molecule has 0 rings (SSSR count). The minimum absolute atomic E-state index is 0.00796. The number of hydrogen-bond donors (Lipinski definition) is 2. The van der Waals surface area contributed by atoms with Crippen molar-refractivity contribution in [3.05, 3.63) is 12.7 Å². The molecule has 4 heteroatoms. The maximum atomic E-state index is 10.9. The van der Waals surface area contributed by atoms with Crippen LogP contribution in [-0.4, -0.2) is 23.5 Å². The lowest BCUT2D eigenvalue weighted by atomic mass is 9.94. The first-order chi connectivity index (χ1) is 6.95. The van der Waals surface area contributed by atoms with E-state index in [1.807, 2.05) is 13.8 Å². The maximum Gasteiger partial charge on any atom is 0.303 e. The molecule has 1 atom stereocenters. The summed E-state index contributed by atoms with van der Waals surface area (Å²) in [5, 5.41) is 11.3. The van der Waals surface area contributed by atoms with Crippen molar-refractivity contribution >= 4 is 11.9 Å². The predicted octanol–water partition coefficient (Wildman–Crippen LogP) is 1.43. The highest BCUT2D eigenvalue weighted by Gasteiger charge is 2.15. The third-order valence-corrected chi connectivity index (χ3v) is 2.02. The smallest absolute Gasteiger partial charge is 0.303 e. The molecule has 0 aliphatic carbocycles. The molecule has 0 spiro atoms. The van der Waals surface area contributed by atoms with Crippen LogP contribution in [0.15, 0.2) is 12.7 Å². The molecule has 0 aliphatic rings. The van der Waals surface area contributed by atoms with Gasteiger partial charge in [-0.15, -0.1) is 0 Å². The largest absolute Gasteiger partial charge is 0.481 e. The normalized spacial score (nSPS) is 12.2. The highest BCUT2D eigenvalue weighted by atomic mass is 16.4. The Balaban J connectivity index is 4.05. The molecule has 1 amide bonds. The number of carboxylic acid groups (broad SMARTS) is 1. The van der Waals surface area contributed by atoms with Crippen molar-refractivity contribution in [2.75, 3.05) is 6.54 Å². The Bertz CT molecular complexity index is 236. The monoisotopic (exact) mass is 213 g/mol. The van der Waals surface area contributed by atoms with Crippen molar-refractivity contribution in [1.29, 1.82) is 0 Å². The van der Waals surface area contributed by atoms with Crippen LogP contribution in [0.4, 0.5) is 0 Å². The second-order valence-electron chi connectivity index (χ2n) is 4.04. The van der Waals surface area contributed by atoms with Gasteiger partial charge >= 0.3 is 5.97 Å². The maximum absolute atomic E-state index is 10.9. The van der Waals surface area contributed by atoms with Gasteiger partial charge in [-0.2, -0.15) is 0 Å². The average Bonchev–Trinajstić information content (AvgIpc) is 2.11. The number of aliphatic carboxylic acids is 1. The lowest BCUT2D eigenvalue weighted by Gasteiger charge is -2.17. The molecule has 4 nitrogen and oxygen atoms in total. The molecular weight excluding hydrogens is 194 g/mol. The van der Waals surface area contributed by atoms with Crippen LogP contribution in [0.25, 0.3) is 0 Å². The number of carbonyl (C=O) groups excluding carboxylic acids is 1. The van der Waals surface area contributed by atoms with Crippen molar-refractivity contribution in [2.45, 2.75) is 26.7 Å². The van der Waals surface area contributed by atoms with Crippen LogP contribution in [0, 0.1) is 11.8 Å². The molecule has 2 N–H and O–H groups in total. The van der Waals surface area contributed by atoms with Crippen molar-refractivity contribution in [2.24, 2.45) is 11.8 Å². The molecule has 0 saturated heterocycles. The van der Waals surface area contributed by atoms with Crippen LogP contribution >= 0.6 is 0 Å². The first-order valence-corrected chi connectivity index (χ1v) is 5.07. The topological polar surface area (TPSA) is 66.4 Å². The molecule has 0 aromatic carbocycles. The quantitative estimate of drug-likeness (QED) is 0.629. The molecule has 15 heavy (non-hydrogen) atoms. The summed E-state index contributed by atoms with van der Waals surface area (Å²) in [5.41, 5.74) is 0. The summed E-state index contributed by atoms with van der Waals surface area (Å²) in [5.74, 6) is -0.663. The van der Waals surface area contributed by atoms with E-state index in [1.165, 1.54) is 6.08 Å². The summed E-state index contributed by atoms with van der Waals surface area (Å²) >= 11 is 0. The Morgan fingerprint density at radius 1 is 1.47 bits per heavy atom.